The van der Waals surface area contributed by atoms with Crippen molar-refractivity contribution in [1.29, 1.82) is 0 Å². The number of aldehydes is 1. The molecule has 0 aliphatic heterocycles. The Balaban J connectivity index is 4.94. The molecule has 0 aromatic carbocycles. The van der Waals surface area contributed by atoms with E-state index in [0.29, 0.717) is 6.42 Å². The van der Waals surface area contributed by atoms with Crippen LogP contribution in [0.4, 0.5) is 0 Å². The van der Waals surface area contributed by atoms with Crippen molar-refractivity contribution in [3.05, 3.63) is 0 Å². The molecule has 5 heteroatoms. The number of carbonyl (C=O) groups excluding carboxylic acids is 2. The standard InChI is InChI=1S/C15H30O4Si/c1-11(2)13(14(17)18-6)9-12(10-16)19-20(7,8)15(3,4)5/h10-13H,9H2,1-8H3/t12-,13?/m0/s1. The summed E-state index contributed by atoms with van der Waals surface area (Å²) in [4.78, 5) is 23.1. The molecule has 0 saturated carbocycles. The number of methoxy groups -OCH3 is 1. The Morgan fingerprint density at radius 3 is 2.05 bits per heavy atom. The highest BCUT2D eigenvalue weighted by Gasteiger charge is 2.40. The van der Waals surface area contributed by atoms with Gasteiger partial charge in [-0.3, -0.25) is 4.79 Å². The van der Waals surface area contributed by atoms with Crippen molar-refractivity contribution in [2.45, 2.75) is 65.3 Å². The summed E-state index contributed by atoms with van der Waals surface area (Å²) in [5, 5.41) is 0.0346. The number of hydrogen-bond acceptors (Lipinski definition) is 4. The Bertz CT molecular complexity index is 331. The predicted octanol–water partition coefficient (Wildman–Crippen LogP) is 3.41. The van der Waals surface area contributed by atoms with E-state index in [2.05, 4.69) is 33.9 Å². The van der Waals surface area contributed by atoms with Gasteiger partial charge >= 0.3 is 5.97 Å². The molecular weight excluding hydrogens is 272 g/mol. The minimum absolute atomic E-state index is 0.0346. The Labute approximate surface area is 124 Å². The molecular formula is C15H30O4Si. The Kier molecular flexibility index (Phi) is 7.11. The van der Waals surface area contributed by atoms with Gasteiger partial charge in [-0.25, -0.2) is 0 Å². The van der Waals surface area contributed by atoms with Crippen molar-refractivity contribution in [3.8, 4) is 0 Å². The molecule has 0 N–H and O–H groups in total. The summed E-state index contributed by atoms with van der Waals surface area (Å²) in [6.07, 6.45) is 0.668. The van der Waals surface area contributed by atoms with Crippen LogP contribution >= 0.6 is 0 Å². The van der Waals surface area contributed by atoms with Crippen LogP contribution in [0.25, 0.3) is 0 Å². The molecule has 0 amide bonds. The lowest BCUT2D eigenvalue weighted by atomic mass is 9.90. The molecule has 0 aliphatic carbocycles. The molecule has 0 radical (unpaired) electrons. The minimum Gasteiger partial charge on any atom is -0.469 e. The average molecular weight is 302 g/mol. The van der Waals surface area contributed by atoms with Crippen LogP contribution in [0.1, 0.15) is 41.0 Å². The maximum absolute atomic E-state index is 11.8. The van der Waals surface area contributed by atoms with Crippen LogP contribution in [0.3, 0.4) is 0 Å². The Hall–Kier alpha value is -0.683. The third-order valence-corrected chi connectivity index (χ3v) is 8.70. The minimum atomic E-state index is -2.02. The number of carbonyl (C=O) groups is 2. The molecule has 1 unspecified atom stereocenters. The van der Waals surface area contributed by atoms with Gasteiger partial charge in [-0.15, -0.1) is 0 Å². The molecule has 0 saturated heterocycles. The van der Waals surface area contributed by atoms with Gasteiger partial charge in [0.25, 0.3) is 0 Å². The molecule has 0 aromatic heterocycles. The lowest BCUT2D eigenvalue weighted by Gasteiger charge is -2.38. The van der Waals surface area contributed by atoms with E-state index in [9.17, 15) is 9.59 Å². The average Bonchev–Trinajstić information content (AvgIpc) is 2.31. The SMILES string of the molecule is COC(=O)C(C[C@@H](C=O)O[Si](C)(C)C(C)(C)C)C(C)C. The molecule has 0 bridgehead atoms. The molecule has 0 aromatic rings. The van der Waals surface area contributed by atoms with Gasteiger partial charge in [0.1, 0.15) is 12.4 Å². The van der Waals surface area contributed by atoms with Gasteiger partial charge in [0.2, 0.25) is 0 Å². The van der Waals surface area contributed by atoms with Crippen LogP contribution < -0.4 is 0 Å². The van der Waals surface area contributed by atoms with Crippen molar-refractivity contribution in [2.24, 2.45) is 11.8 Å². The van der Waals surface area contributed by atoms with Gasteiger partial charge in [0, 0.05) is 0 Å². The summed E-state index contributed by atoms with van der Waals surface area (Å²) in [6, 6.07) is 0. The van der Waals surface area contributed by atoms with E-state index < -0.39 is 14.4 Å². The normalized spacial score (nSPS) is 15.8. The van der Waals surface area contributed by atoms with Crippen molar-refractivity contribution >= 4 is 20.6 Å². The molecule has 4 nitrogen and oxygen atoms in total. The molecule has 20 heavy (non-hydrogen) atoms. The van der Waals surface area contributed by atoms with E-state index >= 15 is 0 Å². The number of ether oxygens (including phenoxy) is 1. The van der Waals surface area contributed by atoms with Gasteiger partial charge in [-0.1, -0.05) is 34.6 Å². The first-order valence-electron chi connectivity index (χ1n) is 7.17. The van der Waals surface area contributed by atoms with Crippen molar-refractivity contribution in [1.82, 2.24) is 0 Å². The molecule has 2 atom stereocenters. The summed E-state index contributed by atoms with van der Waals surface area (Å²) < 4.78 is 10.9. The highest BCUT2D eigenvalue weighted by atomic mass is 28.4. The van der Waals surface area contributed by atoms with Gasteiger partial charge in [0.05, 0.1) is 13.0 Å². The fourth-order valence-electron chi connectivity index (χ4n) is 1.73. The van der Waals surface area contributed by atoms with E-state index in [1.54, 1.807) is 0 Å². The zero-order chi connectivity index (χ0) is 16.1. The number of hydrogen-bond donors (Lipinski definition) is 0. The van der Waals surface area contributed by atoms with Crippen molar-refractivity contribution < 1.29 is 18.8 Å². The lowest BCUT2D eigenvalue weighted by molar-refractivity contribution is -0.148. The van der Waals surface area contributed by atoms with E-state index in [1.165, 1.54) is 7.11 Å². The number of esters is 1. The molecule has 0 fully saturated rings. The van der Waals surface area contributed by atoms with Crippen molar-refractivity contribution in [3.63, 3.8) is 0 Å². The smallest absolute Gasteiger partial charge is 0.309 e. The summed E-state index contributed by atoms with van der Waals surface area (Å²) in [6.45, 7) is 14.5. The monoisotopic (exact) mass is 302 g/mol. The lowest BCUT2D eigenvalue weighted by Crippen LogP contribution is -2.45. The topological polar surface area (TPSA) is 52.6 Å². The molecule has 0 spiro atoms. The third-order valence-electron chi connectivity index (χ3n) is 4.20. The first-order valence-corrected chi connectivity index (χ1v) is 10.1. The highest BCUT2D eigenvalue weighted by Crippen LogP contribution is 2.38. The number of rotatable bonds is 7. The van der Waals surface area contributed by atoms with E-state index in [0.717, 1.165) is 6.29 Å². The summed E-state index contributed by atoms with van der Waals surface area (Å²) >= 11 is 0. The second-order valence-electron chi connectivity index (χ2n) is 7.16. The maximum Gasteiger partial charge on any atom is 0.309 e. The summed E-state index contributed by atoms with van der Waals surface area (Å²) in [7, 11) is -0.642. The van der Waals surface area contributed by atoms with E-state index in [-0.39, 0.29) is 22.8 Å². The second-order valence-corrected chi connectivity index (χ2v) is 11.9. The van der Waals surface area contributed by atoms with E-state index in [4.69, 9.17) is 9.16 Å². The van der Waals surface area contributed by atoms with Crippen LogP contribution in [0.5, 0.6) is 0 Å². The third kappa shape index (κ3) is 5.36. The molecule has 0 heterocycles. The van der Waals surface area contributed by atoms with Crippen LogP contribution in [0, 0.1) is 11.8 Å². The second kappa shape index (κ2) is 7.36. The molecule has 0 aliphatic rings. The van der Waals surface area contributed by atoms with Crippen molar-refractivity contribution in [2.75, 3.05) is 7.11 Å². The summed E-state index contributed by atoms with van der Waals surface area (Å²) in [5.41, 5.74) is 0. The Morgan fingerprint density at radius 2 is 1.75 bits per heavy atom. The van der Waals surface area contributed by atoms with Gasteiger partial charge in [-0.05, 0) is 30.5 Å². The van der Waals surface area contributed by atoms with Gasteiger partial charge in [0.15, 0.2) is 8.32 Å². The predicted molar refractivity (Wildman–Crippen MR) is 83.1 cm³/mol. The van der Waals surface area contributed by atoms with Crippen LogP contribution in [0.2, 0.25) is 18.1 Å². The quantitative estimate of drug-likeness (QED) is 0.411. The van der Waals surface area contributed by atoms with Gasteiger partial charge in [-0.2, -0.15) is 0 Å². The van der Waals surface area contributed by atoms with Gasteiger partial charge < -0.3 is 14.0 Å². The summed E-state index contributed by atoms with van der Waals surface area (Å²) in [5.74, 6) is -0.460. The van der Waals surface area contributed by atoms with Crippen LogP contribution in [-0.4, -0.2) is 33.8 Å². The van der Waals surface area contributed by atoms with Crippen LogP contribution in [0.15, 0.2) is 0 Å². The fourth-order valence-corrected chi connectivity index (χ4v) is 2.99. The zero-order valence-corrected chi connectivity index (χ0v) is 15.1. The fraction of sp³-hybridized carbons (Fsp3) is 0.867. The first kappa shape index (κ1) is 19.3. The zero-order valence-electron chi connectivity index (χ0n) is 14.1. The van der Waals surface area contributed by atoms with Crippen LogP contribution in [-0.2, 0) is 18.8 Å². The largest absolute Gasteiger partial charge is 0.469 e. The first-order chi connectivity index (χ1) is 8.96. The highest BCUT2D eigenvalue weighted by molar-refractivity contribution is 6.74. The molecule has 0 rings (SSSR count). The maximum atomic E-state index is 11.8. The molecule has 118 valence electrons. The Morgan fingerprint density at radius 1 is 1.25 bits per heavy atom. The van der Waals surface area contributed by atoms with E-state index in [1.807, 2.05) is 13.8 Å².